The van der Waals surface area contributed by atoms with Crippen LogP contribution in [0.4, 0.5) is 4.79 Å². The van der Waals surface area contributed by atoms with E-state index in [2.05, 4.69) is 113 Å². The smallest absolute Gasteiger partial charge is 0.408 e. The summed E-state index contributed by atoms with van der Waals surface area (Å²) in [6.45, 7) is 22.8. The van der Waals surface area contributed by atoms with Crippen molar-refractivity contribution in [3.8, 4) is 16.9 Å². The van der Waals surface area contributed by atoms with Crippen LogP contribution < -0.4 is 9.74 Å². The molecular weight excluding hydrogens is 711 g/mol. The molecule has 3 rings (SSSR count). The molecule has 0 spiro atoms. The number of hydrogen-bond acceptors (Lipinski definition) is 5. The first-order chi connectivity index (χ1) is 21.2. The van der Waals surface area contributed by atoms with Crippen molar-refractivity contribution >= 4 is 53.9 Å². The molecule has 0 radical (unpaired) electrons. The van der Waals surface area contributed by atoms with Gasteiger partial charge in [-0.3, -0.25) is 0 Å². The number of aromatic nitrogens is 1. The molecule has 254 valence electrons. The van der Waals surface area contributed by atoms with Gasteiger partial charge in [-0.05, 0) is 118 Å². The second-order valence-electron chi connectivity index (χ2n) is 15.2. The molecule has 2 aromatic carbocycles. The number of carboxylic acids is 1. The van der Waals surface area contributed by atoms with E-state index in [1.165, 1.54) is 0 Å². The van der Waals surface area contributed by atoms with Crippen LogP contribution in [0.5, 0.6) is 5.75 Å². The first-order valence-electron chi connectivity index (χ1n) is 16.2. The summed E-state index contributed by atoms with van der Waals surface area (Å²) in [5.41, 5.74) is 4.77. The van der Waals surface area contributed by atoms with Gasteiger partial charge in [-0.1, -0.05) is 67.5 Å². The van der Waals surface area contributed by atoms with Crippen LogP contribution in [0.15, 0.2) is 36.4 Å². The molecule has 0 saturated carbocycles. The van der Waals surface area contributed by atoms with Crippen LogP contribution >= 0.6 is 22.6 Å². The molecule has 0 unspecified atom stereocenters. The number of benzene rings is 2. The Hall–Kier alpha value is -2.57. The van der Waals surface area contributed by atoms with Crippen molar-refractivity contribution < 1.29 is 29.0 Å². The summed E-state index contributed by atoms with van der Waals surface area (Å²) in [7, 11) is -2.35. The van der Waals surface area contributed by atoms with Crippen LogP contribution in [-0.4, -0.2) is 53.8 Å². The van der Waals surface area contributed by atoms with Crippen molar-refractivity contribution in [2.75, 3.05) is 6.61 Å². The predicted octanol–water partition coefficient (Wildman–Crippen LogP) is 9.08. The Morgan fingerprint density at radius 1 is 0.935 bits per heavy atom. The molecule has 1 atom stereocenters. The van der Waals surface area contributed by atoms with E-state index < -0.39 is 32.0 Å². The molecule has 1 heterocycles. The van der Waals surface area contributed by atoms with E-state index in [1.807, 2.05) is 12.1 Å². The number of aliphatic hydroxyl groups is 1. The van der Waals surface area contributed by atoms with Crippen molar-refractivity contribution in [1.29, 1.82) is 0 Å². The Bertz CT molecular complexity index is 1520. The number of alkyl carbamates (subject to hydrolysis) is 1. The standard InChI is InChI=1S/C36H53IN2O6Si/c1-21(2)46(22(3)4,23(5)6)45-27-15-24(16-31(33(41)42)39-34(43)44-35(7,8)9)14-26(17-27)25-12-13-30-28(18-25)29(32(37)38-30)19-36(10,11)20-40/h12-15,17-18,21-23,31,38,40H,16,19-20H2,1-11H3,(H,39,43)(H,41,42)/t31-/m0/s1. The van der Waals surface area contributed by atoms with Gasteiger partial charge >= 0.3 is 12.1 Å². The SMILES string of the molecule is CC(C)[Si](Oc1cc(C[C@H](NC(=O)OC(C)(C)C)C(=O)O)cc(-c2ccc3[nH]c(I)c(CC(C)(C)CO)c3c2)c1)(C(C)C)C(C)C. The van der Waals surface area contributed by atoms with Gasteiger partial charge in [-0.2, -0.15) is 0 Å². The van der Waals surface area contributed by atoms with Gasteiger partial charge in [-0.15, -0.1) is 0 Å². The minimum atomic E-state index is -2.35. The monoisotopic (exact) mass is 764 g/mol. The van der Waals surface area contributed by atoms with Crippen LogP contribution in [0.2, 0.25) is 16.6 Å². The molecule has 0 bridgehead atoms. The summed E-state index contributed by atoms with van der Waals surface area (Å²) in [5, 5.41) is 23.7. The lowest BCUT2D eigenvalue weighted by Crippen LogP contribution is -2.50. The number of aliphatic hydroxyl groups excluding tert-OH is 1. The second-order valence-corrected chi connectivity index (χ2v) is 21.7. The number of rotatable bonds is 13. The molecule has 0 fully saturated rings. The molecule has 46 heavy (non-hydrogen) atoms. The second kappa shape index (κ2) is 14.7. The number of carbonyl (C=O) groups excluding carboxylic acids is 1. The minimum absolute atomic E-state index is 0.0542. The number of fused-ring (bicyclic) bond motifs is 1. The van der Waals surface area contributed by atoms with Crippen LogP contribution in [-0.2, 0) is 22.4 Å². The van der Waals surface area contributed by atoms with Gasteiger partial charge in [0, 0.05) is 23.9 Å². The van der Waals surface area contributed by atoms with Gasteiger partial charge in [0.2, 0.25) is 0 Å². The zero-order chi connectivity index (χ0) is 34.8. The first-order valence-corrected chi connectivity index (χ1v) is 19.4. The average molecular weight is 765 g/mol. The normalized spacial score (nSPS) is 13.5. The van der Waals surface area contributed by atoms with Crippen molar-refractivity contribution in [3.05, 3.63) is 51.2 Å². The number of aliphatic carboxylic acids is 1. The quantitative estimate of drug-likeness (QED) is 0.102. The lowest BCUT2D eigenvalue weighted by atomic mass is 9.86. The highest BCUT2D eigenvalue weighted by Crippen LogP contribution is 2.44. The average Bonchev–Trinajstić information content (AvgIpc) is 3.22. The van der Waals surface area contributed by atoms with Gasteiger partial charge in [-0.25, -0.2) is 9.59 Å². The maximum Gasteiger partial charge on any atom is 0.408 e. The molecule has 4 N–H and O–H groups in total. The fourth-order valence-electron chi connectivity index (χ4n) is 6.55. The summed E-state index contributed by atoms with van der Waals surface area (Å²) < 4.78 is 13.5. The molecule has 10 heteroatoms. The molecule has 0 saturated heterocycles. The minimum Gasteiger partial charge on any atom is -0.543 e. The molecule has 8 nitrogen and oxygen atoms in total. The highest BCUT2D eigenvalue weighted by atomic mass is 127. The number of H-pyrrole nitrogens is 1. The van der Waals surface area contributed by atoms with Gasteiger partial charge in [0.25, 0.3) is 8.32 Å². The van der Waals surface area contributed by atoms with Gasteiger partial charge < -0.3 is 29.7 Å². The van der Waals surface area contributed by atoms with Crippen LogP contribution in [0.25, 0.3) is 22.0 Å². The van der Waals surface area contributed by atoms with Gasteiger partial charge in [0.15, 0.2) is 0 Å². The topological polar surface area (TPSA) is 121 Å². The fraction of sp³-hybridized carbons (Fsp3) is 0.556. The number of ether oxygens (including phenoxy) is 1. The Morgan fingerprint density at radius 2 is 1.54 bits per heavy atom. The number of hydrogen-bond donors (Lipinski definition) is 4. The van der Waals surface area contributed by atoms with E-state index in [0.29, 0.717) is 28.8 Å². The third kappa shape index (κ3) is 9.06. The third-order valence-electron chi connectivity index (χ3n) is 8.67. The Balaban J connectivity index is 2.18. The molecule has 3 aromatic rings. The Labute approximate surface area is 289 Å². The summed E-state index contributed by atoms with van der Waals surface area (Å²) in [6, 6.07) is 11.1. The molecule has 0 aliphatic carbocycles. The summed E-state index contributed by atoms with van der Waals surface area (Å²) >= 11 is 2.32. The largest absolute Gasteiger partial charge is 0.543 e. The van der Waals surface area contributed by atoms with Crippen LogP contribution in [0.1, 0.15) is 87.3 Å². The highest BCUT2D eigenvalue weighted by Gasteiger charge is 2.47. The number of carbonyl (C=O) groups is 2. The number of halogens is 1. The molecule has 0 aliphatic heterocycles. The lowest BCUT2D eigenvalue weighted by Gasteiger charge is -2.42. The highest BCUT2D eigenvalue weighted by molar-refractivity contribution is 14.1. The van der Waals surface area contributed by atoms with Crippen molar-refractivity contribution in [2.24, 2.45) is 5.41 Å². The fourth-order valence-corrected chi connectivity index (χ4v) is 12.6. The van der Waals surface area contributed by atoms with Crippen LogP contribution in [0, 0.1) is 9.12 Å². The number of carboxylic acid groups (broad SMARTS) is 1. The van der Waals surface area contributed by atoms with Gasteiger partial charge in [0.05, 0.1) is 3.70 Å². The predicted molar refractivity (Wildman–Crippen MR) is 197 cm³/mol. The summed E-state index contributed by atoms with van der Waals surface area (Å²) in [4.78, 5) is 28.4. The van der Waals surface area contributed by atoms with E-state index in [-0.39, 0.29) is 18.4 Å². The van der Waals surface area contributed by atoms with E-state index in [1.54, 1.807) is 20.8 Å². The zero-order valence-electron chi connectivity index (χ0n) is 29.3. The molecule has 1 amide bonds. The first kappa shape index (κ1) is 37.9. The maximum atomic E-state index is 12.6. The third-order valence-corrected chi connectivity index (χ3v) is 15.6. The van der Waals surface area contributed by atoms with Gasteiger partial charge in [0.1, 0.15) is 17.4 Å². The van der Waals surface area contributed by atoms with Crippen LogP contribution in [0.3, 0.4) is 0 Å². The van der Waals surface area contributed by atoms with Crippen molar-refractivity contribution in [2.45, 2.75) is 117 Å². The molecule has 1 aromatic heterocycles. The zero-order valence-corrected chi connectivity index (χ0v) is 32.5. The molecular formula is C36H53IN2O6Si. The Morgan fingerprint density at radius 3 is 2.07 bits per heavy atom. The summed E-state index contributed by atoms with van der Waals surface area (Å²) in [5.74, 6) is -0.435. The van der Waals surface area contributed by atoms with Crippen molar-refractivity contribution in [1.82, 2.24) is 10.3 Å². The Kier molecular flexibility index (Phi) is 12.1. The van der Waals surface area contributed by atoms with E-state index in [4.69, 9.17) is 9.16 Å². The summed E-state index contributed by atoms with van der Waals surface area (Å²) in [6.07, 6.45) is -0.00984. The number of amides is 1. The number of aromatic amines is 1. The van der Waals surface area contributed by atoms with Crippen molar-refractivity contribution in [3.63, 3.8) is 0 Å². The van der Waals surface area contributed by atoms with E-state index >= 15 is 0 Å². The molecule has 0 aliphatic rings. The number of nitrogens with one attached hydrogen (secondary N) is 2. The maximum absolute atomic E-state index is 12.6. The van der Waals surface area contributed by atoms with E-state index in [0.717, 1.165) is 36.9 Å². The van der Waals surface area contributed by atoms with E-state index in [9.17, 15) is 19.8 Å². The lowest BCUT2D eigenvalue weighted by molar-refractivity contribution is -0.139.